The summed E-state index contributed by atoms with van der Waals surface area (Å²) in [4.78, 5) is 21.4. The van der Waals surface area contributed by atoms with Crippen molar-refractivity contribution in [3.05, 3.63) is 35.1 Å². The van der Waals surface area contributed by atoms with Crippen molar-refractivity contribution < 1.29 is 19.1 Å². The average molecular weight is 225 g/mol. The molecule has 4 nitrogen and oxygen atoms in total. The van der Waals surface area contributed by atoms with E-state index in [4.69, 9.17) is 5.11 Å². The molecule has 0 aliphatic heterocycles. The number of amides is 1. The number of Topliss-reactive ketones (excluding diaryl/α,β-unsaturated/α-hetero) is 1. The molecule has 0 bridgehead atoms. The van der Waals surface area contributed by atoms with Gasteiger partial charge in [-0.1, -0.05) is 12.1 Å². The summed E-state index contributed by atoms with van der Waals surface area (Å²) >= 11 is 0. The van der Waals surface area contributed by atoms with E-state index in [1.807, 2.05) is 5.32 Å². The highest BCUT2D eigenvalue weighted by molar-refractivity contribution is 5.85. The fourth-order valence-corrected chi connectivity index (χ4v) is 1.21. The number of carboxylic acid groups (broad SMARTS) is 1. The van der Waals surface area contributed by atoms with E-state index < -0.39 is 6.09 Å². The maximum absolute atomic E-state index is 13.1. The maximum Gasteiger partial charge on any atom is 0.405 e. The molecule has 0 aliphatic rings. The Bertz CT molecular complexity index is 418. The summed E-state index contributed by atoms with van der Waals surface area (Å²) in [5.74, 6) is -0.665. The quantitative estimate of drug-likeness (QED) is 0.816. The van der Waals surface area contributed by atoms with Crippen molar-refractivity contribution in [1.82, 2.24) is 5.32 Å². The molecule has 1 aromatic carbocycles. The number of rotatable bonds is 4. The van der Waals surface area contributed by atoms with Crippen LogP contribution in [-0.2, 0) is 11.2 Å². The smallest absolute Gasteiger partial charge is 0.405 e. The summed E-state index contributed by atoms with van der Waals surface area (Å²) in [6, 6.07) is 4.52. The first-order chi connectivity index (χ1) is 7.49. The second-order valence-electron chi connectivity index (χ2n) is 3.46. The molecule has 0 fully saturated rings. The van der Waals surface area contributed by atoms with Crippen LogP contribution in [-0.4, -0.2) is 23.5 Å². The van der Waals surface area contributed by atoms with Crippen molar-refractivity contribution in [2.24, 2.45) is 0 Å². The van der Waals surface area contributed by atoms with E-state index in [2.05, 4.69) is 0 Å². The Labute approximate surface area is 92.1 Å². The van der Waals surface area contributed by atoms with Crippen LogP contribution in [0.4, 0.5) is 9.18 Å². The van der Waals surface area contributed by atoms with Gasteiger partial charge in [0.2, 0.25) is 0 Å². The summed E-state index contributed by atoms with van der Waals surface area (Å²) in [6.07, 6.45) is -1.22. The van der Waals surface area contributed by atoms with E-state index >= 15 is 0 Å². The second kappa shape index (κ2) is 5.25. The lowest BCUT2D eigenvalue weighted by atomic mass is 10.1. The minimum Gasteiger partial charge on any atom is -0.465 e. The lowest BCUT2D eigenvalue weighted by Crippen LogP contribution is -2.28. The van der Waals surface area contributed by atoms with Gasteiger partial charge in [-0.25, -0.2) is 9.18 Å². The molecule has 0 atom stereocenters. The Morgan fingerprint density at radius 3 is 2.69 bits per heavy atom. The number of ketones is 1. The van der Waals surface area contributed by atoms with Crippen LogP contribution in [0.3, 0.4) is 0 Å². The van der Waals surface area contributed by atoms with Gasteiger partial charge in [-0.2, -0.15) is 0 Å². The molecule has 1 amide bonds. The number of benzene rings is 1. The fraction of sp³-hybridized carbons (Fsp3) is 0.273. The predicted octanol–water partition coefficient (Wildman–Crippen LogP) is 1.51. The zero-order chi connectivity index (χ0) is 12.1. The summed E-state index contributed by atoms with van der Waals surface area (Å²) in [7, 11) is 0. The molecule has 0 saturated heterocycles. The Morgan fingerprint density at radius 1 is 1.44 bits per heavy atom. The average Bonchev–Trinajstić information content (AvgIpc) is 2.21. The highest BCUT2D eigenvalue weighted by Crippen LogP contribution is 2.09. The number of carbonyl (C=O) groups is 2. The normalized spacial score (nSPS) is 9.88. The molecule has 0 saturated carbocycles. The van der Waals surface area contributed by atoms with E-state index in [-0.39, 0.29) is 24.6 Å². The number of hydrogen-bond acceptors (Lipinski definition) is 2. The predicted molar refractivity (Wildman–Crippen MR) is 55.9 cm³/mol. The molecular formula is C11H12FNO3. The molecule has 0 heterocycles. The second-order valence-corrected chi connectivity index (χ2v) is 3.46. The molecule has 2 N–H and O–H groups in total. The van der Waals surface area contributed by atoms with Crippen molar-refractivity contribution in [2.45, 2.75) is 13.3 Å². The maximum atomic E-state index is 13.1. The number of nitrogens with one attached hydrogen (secondary N) is 1. The summed E-state index contributed by atoms with van der Waals surface area (Å²) in [5, 5.41) is 10.3. The molecular weight excluding hydrogens is 213 g/mol. The van der Waals surface area contributed by atoms with Crippen LogP contribution >= 0.6 is 0 Å². The molecule has 0 aromatic heterocycles. The number of hydrogen-bond donors (Lipinski definition) is 2. The molecule has 0 radical (unpaired) electrons. The van der Waals surface area contributed by atoms with Crippen LogP contribution in [0.15, 0.2) is 18.2 Å². The largest absolute Gasteiger partial charge is 0.465 e. The summed E-state index contributed by atoms with van der Waals surface area (Å²) in [5.41, 5.74) is 1.06. The summed E-state index contributed by atoms with van der Waals surface area (Å²) < 4.78 is 13.1. The molecule has 1 rings (SSSR count). The SMILES string of the molecule is Cc1ccc(CC(=O)CNC(=O)O)cc1F. The number of aryl methyl sites for hydroxylation is 1. The zero-order valence-electron chi connectivity index (χ0n) is 8.79. The van der Waals surface area contributed by atoms with Gasteiger partial charge in [-0.15, -0.1) is 0 Å². The lowest BCUT2D eigenvalue weighted by molar-refractivity contribution is -0.117. The van der Waals surface area contributed by atoms with Gasteiger partial charge in [0, 0.05) is 6.42 Å². The Hall–Kier alpha value is -1.91. The van der Waals surface area contributed by atoms with Gasteiger partial charge in [-0.3, -0.25) is 4.79 Å². The Kier molecular flexibility index (Phi) is 3.99. The molecule has 5 heteroatoms. The van der Waals surface area contributed by atoms with Crippen LogP contribution in [0.25, 0.3) is 0 Å². The van der Waals surface area contributed by atoms with Crippen molar-refractivity contribution in [2.75, 3.05) is 6.54 Å². The van der Waals surface area contributed by atoms with Gasteiger partial charge in [-0.05, 0) is 24.1 Å². The van der Waals surface area contributed by atoms with Crippen molar-refractivity contribution >= 4 is 11.9 Å². The standard InChI is InChI=1S/C11H12FNO3/c1-7-2-3-8(5-10(7)12)4-9(14)6-13-11(15)16/h2-3,5,13H,4,6H2,1H3,(H,15,16). The van der Waals surface area contributed by atoms with Crippen molar-refractivity contribution in [1.29, 1.82) is 0 Å². The minimum absolute atomic E-state index is 0.0253. The van der Waals surface area contributed by atoms with E-state index in [0.717, 1.165) is 0 Å². The summed E-state index contributed by atoms with van der Waals surface area (Å²) in [6.45, 7) is 1.37. The van der Waals surface area contributed by atoms with Crippen LogP contribution in [0, 0.1) is 12.7 Å². The first kappa shape index (κ1) is 12.2. The monoisotopic (exact) mass is 225 g/mol. The van der Waals surface area contributed by atoms with Crippen molar-refractivity contribution in [3.63, 3.8) is 0 Å². The first-order valence-electron chi connectivity index (χ1n) is 4.72. The van der Waals surface area contributed by atoms with Gasteiger partial charge in [0.25, 0.3) is 0 Å². The van der Waals surface area contributed by atoms with Crippen molar-refractivity contribution in [3.8, 4) is 0 Å². The number of halogens is 1. The Balaban J connectivity index is 2.56. The van der Waals surface area contributed by atoms with Crippen LogP contribution < -0.4 is 5.32 Å². The van der Waals surface area contributed by atoms with Gasteiger partial charge in [0.1, 0.15) is 5.82 Å². The molecule has 1 aromatic rings. The molecule has 0 spiro atoms. The third kappa shape index (κ3) is 3.68. The molecule has 16 heavy (non-hydrogen) atoms. The highest BCUT2D eigenvalue weighted by Gasteiger charge is 2.07. The molecule has 86 valence electrons. The van der Waals surface area contributed by atoms with E-state index in [0.29, 0.717) is 11.1 Å². The minimum atomic E-state index is -1.25. The van der Waals surface area contributed by atoms with Gasteiger partial charge in [0.05, 0.1) is 6.54 Å². The Morgan fingerprint density at radius 2 is 2.12 bits per heavy atom. The highest BCUT2D eigenvalue weighted by atomic mass is 19.1. The molecule has 0 unspecified atom stereocenters. The van der Waals surface area contributed by atoms with E-state index in [1.54, 1.807) is 19.1 Å². The third-order valence-corrected chi connectivity index (χ3v) is 2.07. The lowest BCUT2D eigenvalue weighted by Gasteiger charge is -2.03. The molecule has 0 aliphatic carbocycles. The third-order valence-electron chi connectivity index (χ3n) is 2.07. The van der Waals surface area contributed by atoms with E-state index in [1.165, 1.54) is 6.07 Å². The van der Waals surface area contributed by atoms with Gasteiger partial charge >= 0.3 is 6.09 Å². The van der Waals surface area contributed by atoms with Gasteiger partial charge in [0.15, 0.2) is 5.78 Å². The van der Waals surface area contributed by atoms with Crippen LogP contribution in [0.2, 0.25) is 0 Å². The topological polar surface area (TPSA) is 66.4 Å². The number of carbonyl (C=O) groups excluding carboxylic acids is 1. The zero-order valence-corrected chi connectivity index (χ0v) is 8.79. The van der Waals surface area contributed by atoms with Crippen LogP contribution in [0.5, 0.6) is 0 Å². The fourth-order valence-electron chi connectivity index (χ4n) is 1.21. The van der Waals surface area contributed by atoms with E-state index in [9.17, 15) is 14.0 Å². The first-order valence-corrected chi connectivity index (χ1v) is 4.72. The van der Waals surface area contributed by atoms with Crippen LogP contribution in [0.1, 0.15) is 11.1 Å². The van der Waals surface area contributed by atoms with Gasteiger partial charge < -0.3 is 10.4 Å².